The van der Waals surface area contributed by atoms with Crippen LogP contribution in [0.25, 0.3) is 22.3 Å². The molecule has 3 rings (SSSR count). The van der Waals surface area contributed by atoms with E-state index in [9.17, 15) is 4.79 Å². The molecule has 0 saturated heterocycles. The molecule has 0 aliphatic rings. The highest BCUT2D eigenvalue weighted by Crippen LogP contribution is 2.31. The summed E-state index contributed by atoms with van der Waals surface area (Å²) in [5, 5.41) is 0.533. The number of benzene rings is 2. The van der Waals surface area contributed by atoms with Crippen LogP contribution in [-0.4, -0.2) is 23.7 Å². The molecule has 5 heteroatoms. The first-order chi connectivity index (χ1) is 11.2. The fraction of sp³-hybridized carbons (Fsp3) is 0.111. The number of nitrogens with one attached hydrogen (secondary N) is 1. The second kappa shape index (κ2) is 6.24. The molecule has 1 aromatic heterocycles. The van der Waals surface area contributed by atoms with Gasteiger partial charge in [0.05, 0.1) is 23.6 Å². The van der Waals surface area contributed by atoms with Crippen molar-refractivity contribution in [2.75, 3.05) is 13.7 Å². The normalized spacial score (nSPS) is 10.3. The Morgan fingerprint density at radius 2 is 2.09 bits per heavy atom. The number of hydrogen-bond donors (Lipinski definition) is 1. The van der Waals surface area contributed by atoms with E-state index >= 15 is 0 Å². The SMILES string of the molecule is C#CCOc1ccc(OC)cc1-c1nc2ccccc2c(=O)[nH]1. The monoisotopic (exact) mass is 306 g/mol. The van der Waals surface area contributed by atoms with Gasteiger partial charge in [0.2, 0.25) is 0 Å². The van der Waals surface area contributed by atoms with Crippen molar-refractivity contribution in [2.45, 2.75) is 0 Å². The highest BCUT2D eigenvalue weighted by molar-refractivity contribution is 5.80. The minimum absolute atomic E-state index is 0.122. The zero-order valence-electron chi connectivity index (χ0n) is 12.5. The Morgan fingerprint density at radius 1 is 1.26 bits per heavy atom. The molecule has 3 aromatic rings. The van der Waals surface area contributed by atoms with Gasteiger partial charge in [0.25, 0.3) is 5.56 Å². The van der Waals surface area contributed by atoms with E-state index in [1.165, 1.54) is 0 Å². The van der Waals surface area contributed by atoms with E-state index in [2.05, 4.69) is 15.9 Å². The first-order valence-corrected chi connectivity index (χ1v) is 6.96. The number of methoxy groups -OCH3 is 1. The van der Waals surface area contributed by atoms with Crippen LogP contribution in [0.2, 0.25) is 0 Å². The van der Waals surface area contributed by atoms with E-state index < -0.39 is 0 Å². The van der Waals surface area contributed by atoms with E-state index in [1.807, 2.05) is 6.07 Å². The predicted molar refractivity (Wildman–Crippen MR) is 88.7 cm³/mol. The summed E-state index contributed by atoms with van der Waals surface area (Å²) in [7, 11) is 1.57. The molecular formula is C18H14N2O3. The van der Waals surface area contributed by atoms with Crippen LogP contribution in [0.3, 0.4) is 0 Å². The van der Waals surface area contributed by atoms with Gasteiger partial charge in [0.1, 0.15) is 23.9 Å². The standard InChI is InChI=1S/C18H14N2O3/c1-3-10-23-16-9-8-12(22-2)11-14(16)17-19-15-7-5-4-6-13(15)18(21)20-17/h1,4-9,11H,10H2,2H3,(H,19,20,21). The number of ether oxygens (including phenoxy) is 2. The molecule has 0 spiro atoms. The van der Waals surface area contributed by atoms with Crippen molar-refractivity contribution in [3.8, 4) is 35.2 Å². The number of para-hydroxylation sites is 1. The van der Waals surface area contributed by atoms with Crippen LogP contribution in [0.5, 0.6) is 11.5 Å². The third-order valence-electron chi connectivity index (χ3n) is 3.37. The van der Waals surface area contributed by atoms with Crippen molar-refractivity contribution in [1.29, 1.82) is 0 Å². The lowest BCUT2D eigenvalue weighted by Crippen LogP contribution is -2.10. The molecule has 0 saturated carbocycles. The molecule has 114 valence electrons. The van der Waals surface area contributed by atoms with Crippen molar-refractivity contribution in [2.24, 2.45) is 0 Å². The quantitative estimate of drug-likeness (QED) is 0.753. The largest absolute Gasteiger partial charge is 0.497 e. The number of terminal acetylenes is 1. The van der Waals surface area contributed by atoms with E-state index in [0.29, 0.717) is 33.8 Å². The summed E-state index contributed by atoms with van der Waals surface area (Å²) in [4.78, 5) is 19.5. The van der Waals surface area contributed by atoms with Gasteiger partial charge in [-0.2, -0.15) is 0 Å². The number of rotatable bonds is 4. The lowest BCUT2D eigenvalue weighted by atomic mass is 10.1. The maximum absolute atomic E-state index is 12.3. The highest BCUT2D eigenvalue weighted by atomic mass is 16.5. The summed E-state index contributed by atoms with van der Waals surface area (Å²) in [5.41, 5.74) is 1.01. The van der Waals surface area contributed by atoms with Crippen LogP contribution < -0.4 is 15.0 Å². The molecule has 0 fully saturated rings. The van der Waals surface area contributed by atoms with E-state index in [0.717, 1.165) is 0 Å². The van der Waals surface area contributed by atoms with Crippen molar-refractivity contribution < 1.29 is 9.47 Å². The van der Waals surface area contributed by atoms with Gasteiger partial charge >= 0.3 is 0 Å². The minimum Gasteiger partial charge on any atom is -0.497 e. The van der Waals surface area contributed by atoms with Gasteiger partial charge in [-0.15, -0.1) is 6.42 Å². The summed E-state index contributed by atoms with van der Waals surface area (Å²) in [5.74, 6) is 3.98. The molecule has 1 N–H and O–H groups in total. The van der Waals surface area contributed by atoms with Crippen molar-refractivity contribution in [3.63, 3.8) is 0 Å². The summed E-state index contributed by atoms with van der Waals surface area (Å²) in [6.07, 6.45) is 5.25. The Hall–Kier alpha value is -3.26. The topological polar surface area (TPSA) is 64.2 Å². The smallest absolute Gasteiger partial charge is 0.259 e. The van der Waals surface area contributed by atoms with E-state index in [1.54, 1.807) is 43.5 Å². The Morgan fingerprint density at radius 3 is 2.87 bits per heavy atom. The zero-order valence-corrected chi connectivity index (χ0v) is 12.5. The molecule has 0 amide bonds. The minimum atomic E-state index is -0.212. The number of aromatic nitrogens is 2. The second-order valence-electron chi connectivity index (χ2n) is 4.79. The second-order valence-corrected chi connectivity index (χ2v) is 4.79. The summed E-state index contributed by atoms with van der Waals surface area (Å²) >= 11 is 0. The number of aromatic amines is 1. The summed E-state index contributed by atoms with van der Waals surface area (Å²) in [6.45, 7) is 0.122. The van der Waals surface area contributed by atoms with Gasteiger partial charge in [0.15, 0.2) is 0 Å². The van der Waals surface area contributed by atoms with Crippen LogP contribution in [-0.2, 0) is 0 Å². The highest BCUT2D eigenvalue weighted by Gasteiger charge is 2.12. The van der Waals surface area contributed by atoms with E-state index in [-0.39, 0.29) is 12.2 Å². The molecule has 0 unspecified atom stereocenters. The number of nitrogens with zero attached hydrogens (tertiary/aromatic N) is 1. The molecule has 0 aliphatic carbocycles. The van der Waals surface area contributed by atoms with Crippen molar-refractivity contribution in [1.82, 2.24) is 9.97 Å². The number of fused-ring (bicyclic) bond motifs is 1. The third kappa shape index (κ3) is 2.87. The zero-order chi connectivity index (χ0) is 16.2. The Kier molecular flexibility index (Phi) is 3.98. The lowest BCUT2D eigenvalue weighted by Gasteiger charge is -2.11. The Balaban J connectivity index is 2.20. The van der Waals surface area contributed by atoms with Crippen LogP contribution in [0.15, 0.2) is 47.3 Å². The maximum Gasteiger partial charge on any atom is 0.259 e. The molecule has 0 radical (unpaired) electrons. The number of H-pyrrole nitrogens is 1. The molecule has 1 heterocycles. The fourth-order valence-corrected chi connectivity index (χ4v) is 2.28. The average Bonchev–Trinajstić information content (AvgIpc) is 2.59. The maximum atomic E-state index is 12.3. The van der Waals surface area contributed by atoms with Crippen LogP contribution in [0, 0.1) is 12.3 Å². The Bertz CT molecular complexity index is 954. The van der Waals surface area contributed by atoms with Crippen molar-refractivity contribution >= 4 is 10.9 Å². The summed E-state index contributed by atoms with van der Waals surface area (Å²) in [6, 6.07) is 12.4. The summed E-state index contributed by atoms with van der Waals surface area (Å²) < 4.78 is 10.8. The van der Waals surface area contributed by atoms with Crippen molar-refractivity contribution in [3.05, 3.63) is 52.8 Å². The first kappa shape index (κ1) is 14.7. The molecule has 23 heavy (non-hydrogen) atoms. The predicted octanol–water partition coefficient (Wildman–Crippen LogP) is 2.61. The molecule has 0 aliphatic heterocycles. The lowest BCUT2D eigenvalue weighted by molar-refractivity contribution is 0.369. The van der Waals surface area contributed by atoms with Gasteiger partial charge in [-0.05, 0) is 30.3 Å². The molecule has 5 nitrogen and oxygen atoms in total. The van der Waals surface area contributed by atoms with Crippen LogP contribution >= 0.6 is 0 Å². The van der Waals surface area contributed by atoms with Crippen LogP contribution in [0.4, 0.5) is 0 Å². The third-order valence-corrected chi connectivity index (χ3v) is 3.37. The molecule has 2 aromatic carbocycles. The van der Waals surface area contributed by atoms with Gasteiger partial charge in [-0.3, -0.25) is 4.79 Å². The van der Waals surface area contributed by atoms with Gasteiger partial charge in [-0.1, -0.05) is 18.1 Å². The first-order valence-electron chi connectivity index (χ1n) is 6.96. The molecule has 0 atom stereocenters. The molecule has 0 bridgehead atoms. The average molecular weight is 306 g/mol. The molecular weight excluding hydrogens is 292 g/mol. The Labute approximate surface area is 132 Å². The van der Waals surface area contributed by atoms with Gasteiger partial charge in [0, 0.05) is 0 Å². The van der Waals surface area contributed by atoms with Crippen LogP contribution in [0.1, 0.15) is 0 Å². The fourth-order valence-electron chi connectivity index (χ4n) is 2.28. The van der Waals surface area contributed by atoms with E-state index in [4.69, 9.17) is 15.9 Å². The van der Waals surface area contributed by atoms with Gasteiger partial charge in [-0.25, -0.2) is 4.98 Å². The van der Waals surface area contributed by atoms with Gasteiger partial charge < -0.3 is 14.5 Å². The number of hydrogen-bond acceptors (Lipinski definition) is 4.